The number of amides is 2. The first-order valence-corrected chi connectivity index (χ1v) is 11.0. The van der Waals surface area contributed by atoms with Gasteiger partial charge in [0.15, 0.2) is 16.6 Å². The van der Waals surface area contributed by atoms with Crippen LogP contribution in [0.1, 0.15) is 44.7 Å². The fraction of sp³-hybridized carbons (Fsp3) is 0.292. The van der Waals surface area contributed by atoms with Crippen molar-refractivity contribution in [2.75, 3.05) is 12.0 Å². The zero-order valence-corrected chi connectivity index (χ0v) is 20.1. The summed E-state index contributed by atoms with van der Waals surface area (Å²) in [5.41, 5.74) is 2.16. The number of rotatable bonds is 6. The van der Waals surface area contributed by atoms with Crippen LogP contribution in [0.15, 0.2) is 42.0 Å². The largest absolute Gasteiger partial charge is 0.493 e. The Hall–Kier alpha value is -2.90. The molecule has 0 aliphatic carbocycles. The maximum atomic E-state index is 13.2. The predicted octanol–water partition coefficient (Wildman–Crippen LogP) is 5.09. The van der Waals surface area contributed by atoms with Crippen molar-refractivity contribution in [2.24, 2.45) is 0 Å². The van der Waals surface area contributed by atoms with E-state index in [4.69, 9.17) is 33.3 Å². The number of carbonyl (C=O) groups is 2. The van der Waals surface area contributed by atoms with Gasteiger partial charge in [0.25, 0.3) is 11.8 Å². The van der Waals surface area contributed by atoms with E-state index in [9.17, 15) is 9.59 Å². The smallest absolute Gasteiger partial charge is 0.270 e. The minimum atomic E-state index is -0.576. The van der Waals surface area contributed by atoms with Crippen molar-refractivity contribution in [1.29, 1.82) is 0 Å². The summed E-state index contributed by atoms with van der Waals surface area (Å²) in [5, 5.41) is 2.93. The summed E-state index contributed by atoms with van der Waals surface area (Å²) in [5.74, 6) is 0.0593. The maximum absolute atomic E-state index is 13.2. The molecule has 1 aliphatic heterocycles. The Labute approximate surface area is 198 Å². The third-order valence-electron chi connectivity index (χ3n) is 4.84. The first kappa shape index (κ1) is 23.8. The Morgan fingerprint density at radius 3 is 2.31 bits per heavy atom. The number of ether oxygens (including phenoxy) is 2. The average Bonchev–Trinajstić information content (AvgIpc) is 2.72. The van der Waals surface area contributed by atoms with Crippen molar-refractivity contribution in [3.8, 4) is 11.5 Å². The molecule has 0 saturated carbocycles. The van der Waals surface area contributed by atoms with Crippen molar-refractivity contribution >= 4 is 52.5 Å². The second-order valence-electron chi connectivity index (χ2n) is 7.90. The predicted molar refractivity (Wildman–Crippen MR) is 131 cm³/mol. The molecule has 2 aromatic carbocycles. The van der Waals surface area contributed by atoms with Crippen molar-refractivity contribution in [2.45, 2.75) is 39.7 Å². The zero-order valence-electron chi connectivity index (χ0n) is 18.6. The van der Waals surface area contributed by atoms with E-state index in [0.717, 1.165) is 5.56 Å². The fourth-order valence-electron chi connectivity index (χ4n) is 3.24. The summed E-state index contributed by atoms with van der Waals surface area (Å²) in [6.45, 7) is 7.93. The second-order valence-corrected chi connectivity index (χ2v) is 8.70. The monoisotopic (exact) mass is 472 g/mol. The highest BCUT2D eigenvalue weighted by atomic mass is 35.5. The van der Waals surface area contributed by atoms with Gasteiger partial charge in [0.05, 0.1) is 23.9 Å². The van der Waals surface area contributed by atoms with Crippen LogP contribution in [-0.2, 0) is 9.59 Å². The lowest BCUT2D eigenvalue weighted by Crippen LogP contribution is -2.54. The lowest BCUT2D eigenvalue weighted by atomic mass is 10.0. The van der Waals surface area contributed by atoms with E-state index in [-0.39, 0.29) is 16.8 Å². The van der Waals surface area contributed by atoms with Crippen molar-refractivity contribution < 1.29 is 19.1 Å². The van der Waals surface area contributed by atoms with Crippen LogP contribution in [-0.4, -0.2) is 30.1 Å². The molecule has 0 bridgehead atoms. The number of anilines is 1. The Balaban J connectivity index is 1.99. The zero-order chi connectivity index (χ0) is 23.6. The molecular weight excluding hydrogens is 448 g/mol. The molecule has 3 rings (SSSR count). The first-order valence-electron chi connectivity index (χ1n) is 10.2. The van der Waals surface area contributed by atoms with Crippen LogP contribution in [0.2, 0.25) is 5.02 Å². The number of nitrogens with one attached hydrogen (secondary N) is 1. The Bertz CT molecular complexity index is 1090. The lowest BCUT2D eigenvalue weighted by Gasteiger charge is -2.29. The Kier molecular flexibility index (Phi) is 7.21. The molecular formula is C24H25ClN2O4S. The molecule has 32 heavy (non-hydrogen) atoms. The number of hydrogen-bond donors (Lipinski definition) is 1. The van der Waals surface area contributed by atoms with Crippen molar-refractivity contribution in [3.63, 3.8) is 0 Å². The van der Waals surface area contributed by atoms with E-state index >= 15 is 0 Å². The van der Waals surface area contributed by atoms with E-state index in [0.29, 0.717) is 33.7 Å². The molecule has 1 saturated heterocycles. The third-order valence-corrected chi connectivity index (χ3v) is 5.40. The number of carbonyl (C=O) groups excluding carboxylic acids is 2. The number of benzene rings is 2. The Morgan fingerprint density at radius 2 is 1.75 bits per heavy atom. The van der Waals surface area contributed by atoms with Crippen LogP contribution in [0.4, 0.5) is 5.69 Å². The van der Waals surface area contributed by atoms with E-state index in [1.807, 2.05) is 38.1 Å². The number of nitrogens with zero attached hydrogens (tertiary/aromatic N) is 1. The molecule has 0 spiro atoms. The molecule has 1 aliphatic rings. The third kappa shape index (κ3) is 4.95. The quantitative estimate of drug-likeness (QED) is 0.360. The minimum absolute atomic E-state index is 0.0331. The molecule has 2 amide bonds. The van der Waals surface area contributed by atoms with Gasteiger partial charge in [0.2, 0.25) is 0 Å². The SMILES string of the molecule is COc1cc(/C=C2\C(=O)NC(=S)N(c3ccc(C(C)C)cc3)C2=O)cc(Cl)c1OC(C)C. The summed E-state index contributed by atoms with van der Waals surface area (Å²) < 4.78 is 11.1. The van der Waals surface area contributed by atoms with E-state index in [2.05, 4.69) is 19.2 Å². The van der Waals surface area contributed by atoms with Crippen LogP contribution in [0.5, 0.6) is 11.5 Å². The highest BCUT2D eigenvalue weighted by Crippen LogP contribution is 2.38. The van der Waals surface area contributed by atoms with Crippen LogP contribution in [0, 0.1) is 0 Å². The molecule has 0 unspecified atom stereocenters. The minimum Gasteiger partial charge on any atom is -0.493 e. The number of thiocarbonyl (C=S) groups is 1. The molecule has 2 aromatic rings. The highest BCUT2D eigenvalue weighted by molar-refractivity contribution is 7.80. The van der Waals surface area contributed by atoms with Gasteiger partial charge in [-0.2, -0.15) is 0 Å². The number of hydrogen-bond acceptors (Lipinski definition) is 5. The molecule has 1 heterocycles. The lowest BCUT2D eigenvalue weighted by molar-refractivity contribution is -0.122. The molecule has 0 aromatic heterocycles. The van der Waals surface area contributed by atoms with Gasteiger partial charge in [-0.1, -0.05) is 37.6 Å². The molecule has 8 heteroatoms. The van der Waals surface area contributed by atoms with Crippen molar-refractivity contribution in [3.05, 3.63) is 58.1 Å². The molecule has 168 valence electrons. The second kappa shape index (κ2) is 9.71. The topological polar surface area (TPSA) is 67.9 Å². The normalized spacial score (nSPS) is 15.6. The standard InChI is InChI=1S/C24H25ClN2O4S/c1-13(2)16-6-8-17(9-7-16)27-23(29)18(22(28)26-24(27)32)10-15-11-19(25)21(31-14(3)4)20(12-15)30-5/h6-14H,1-5H3,(H,26,28,32)/b18-10+. The Morgan fingerprint density at radius 1 is 1.09 bits per heavy atom. The number of methoxy groups -OCH3 is 1. The molecule has 6 nitrogen and oxygen atoms in total. The molecule has 1 N–H and O–H groups in total. The summed E-state index contributed by atoms with van der Waals surface area (Å²) in [4.78, 5) is 27.1. The highest BCUT2D eigenvalue weighted by Gasteiger charge is 2.34. The van der Waals surface area contributed by atoms with Crippen LogP contribution >= 0.6 is 23.8 Å². The van der Waals surface area contributed by atoms with Crippen LogP contribution in [0.3, 0.4) is 0 Å². The summed E-state index contributed by atoms with van der Waals surface area (Å²) >= 11 is 11.7. The fourth-order valence-corrected chi connectivity index (χ4v) is 3.78. The molecule has 1 fully saturated rings. The van der Waals surface area contributed by atoms with Gasteiger partial charge < -0.3 is 9.47 Å². The van der Waals surface area contributed by atoms with E-state index in [1.54, 1.807) is 12.1 Å². The molecule has 0 atom stereocenters. The summed E-state index contributed by atoms with van der Waals surface area (Å²) in [6.07, 6.45) is 1.36. The molecule has 0 radical (unpaired) electrons. The van der Waals surface area contributed by atoms with E-state index in [1.165, 1.54) is 18.1 Å². The summed E-state index contributed by atoms with van der Waals surface area (Å²) in [6, 6.07) is 10.8. The van der Waals surface area contributed by atoms with Gasteiger partial charge in [-0.15, -0.1) is 0 Å². The van der Waals surface area contributed by atoms with Gasteiger partial charge >= 0.3 is 0 Å². The summed E-state index contributed by atoms with van der Waals surface area (Å²) in [7, 11) is 1.50. The van der Waals surface area contributed by atoms with Gasteiger partial charge in [-0.25, -0.2) is 0 Å². The maximum Gasteiger partial charge on any atom is 0.270 e. The average molecular weight is 473 g/mol. The van der Waals surface area contributed by atoms with Crippen LogP contribution < -0.4 is 19.7 Å². The van der Waals surface area contributed by atoms with Gasteiger partial charge in [-0.3, -0.25) is 19.8 Å². The van der Waals surface area contributed by atoms with Gasteiger partial charge in [-0.05, 0) is 73.5 Å². The van der Waals surface area contributed by atoms with Gasteiger partial charge in [0.1, 0.15) is 5.57 Å². The first-order chi connectivity index (χ1) is 15.1. The number of halogens is 1. The van der Waals surface area contributed by atoms with Gasteiger partial charge in [0, 0.05) is 0 Å². The van der Waals surface area contributed by atoms with Crippen molar-refractivity contribution in [1.82, 2.24) is 5.32 Å². The van der Waals surface area contributed by atoms with E-state index < -0.39 is 11.8 Å². The van der Waals surface area contributed by atoms with Crippen LogP contribution in [0.25, 0.3) is 6.08 Å².